The van der Waals surface area contributed by atoms with E-state index in [1.54, 1.807) is 38.1 Å². The molecule has 0 bridgehead atoms. The number of anilines is 2. The Labute approximate surface area is 162 Å². The Morgan fingerprint density at radius 3 is 2.71 bits per heavy atom. The number of carbonyl (C=O) groups is 3. The van der Waals surface area contributed by atoms with Gasteiger partial charge in [0.25, 0.3) is 5.91 Å². The number of carbonyl (C=O) groups excluding carboxylic acids is 3. The van der Waals surface area contributed by atoms with Gasteiger partial charge in [0.1, 0.15) is 5.82 Å². The summed E-state index contributed by atoms with van der Waals surface area (Å²) in [6.45, 7) is 3.56. The molecule has 0 saturated carbocycles. The molecular weight excluding hydrogens is 361 g/mol. The largest absolute Gasteiger partial charge is 0.329 e. The summed E-state index contributed by atoms with van der Waals surface area (Å²) in [5.74, 6) is -1.09. The van der Waals surface area contributed by atoms with Gasteiger partial charge < -0.3 is 10.6 Å². The van der Waals surface area contributed by atoms with E-state index in [1.807, 2.05) is 6.07 Å². The molecule has 0 aromatic heterocycles. The smallest absolute Gasteiger partial charge is 0.328 e. The highest BCUT2D eigenvalue weighted by Gasteiger charge is 2.31. The van der Waals surface area contributed by atoms with Crippen molar-refractivity contribution in [2.24, 2.45) is 5.92 Å². The molecule has 1 unspecified atom stereocenters. The molecule has 1 heterocycles. The zero-order valence-corrected chi connectivity index (χ0v) is 15.8. The first-order chi connectivity index (χ1) is 13.3. The van der Waals surface area contributed by atoms with Crippen LogP contribution in [0.1, 0.15) is 24.5 Å². The van der Waals surface area contributed by atoms with Crippen molar-refractivity contribution in [1.82, 2.24) is 5.32 Å². The fourth-order valence-electron chi connectivity index (χ4n) is 3.07. The van der Waals surface area contributed by atoms with Gasteiger partial charge in [-0.3, -0.25) is 9.59 Å². The maximum Gasteiger partial charge on any atom is 0.329 e. The van der Waals surface area contributed by atoms with E-state index in [0.29, 0.717) is 24.2 Å². The Balaban J connectivity index is 1.66. The average Bonchev–Trinajstić information content (AvgIpc) is 2.99. The van der Waals surface area contributed by atoms with Crippen LogP contribution in [-0.4, -0.2) is 24.4 Å². The Bertz CT molecular complexity index is 913. The number of nitrogens with one attached hydrogen (secondary N) is 2. The number of aryl methyl sites for hydroxylation is 2. The minimum atomic E-state index is -0.472. The van der Waals surface area contributed by atoms with Crippen LogP contribution in [0.15, 0.2) is 42.5 Å². The lowest BCUT2D eigenvalue weighted by Crippen LogP contribution is -2.31. The molecule has 3 rings (SSSR count). The normalized spacial score (nSPS) is 14.8. The predicted molar refractivity (Wildman–Crippen MR) is 105 cm³/mol. The standard InChI is InChI=1S/C21H22FN3O3/c1-13-7-9-17(11-18(13)25-19(26)12-23-21(25)28)24-20(27)14(2)6-8-15-4-3-5-16(22)10-15/h3-5,7,9-11,14H,6,8,12H2,1-2H3,(H,23,28)(H,24,27). The van der Waals surface area contributed by atoms with Crippen molar-refractivity contribution >= 4 is 29.2 Å². The zero-order valence-electron chi connectivity index (χ0n) is 15.8. The van der Waals surface area contributed by atoms with Gasteiger partial charge in [-0.2, -0.15) is 0 Å². The maximum atomic E-state index is 13.3. The molecular formula is C21H22FN3O3. The SMILES string of the molecule is Cc1ccc(NC(=O)C(C)CCc2cccc(F)c2)cc1N1C(=O)CNC1=O. The molecule has 1 aliphatic rings. The lowest BCUT2D eigenvalue weighted by molar-refractivity contribution is -0.119. The maximum absolute atomic E-state index is 13.3. The molecule has 1 saturated heterocycles. The summed E-state index contributed by atoms with van der Waals surface area (Å²) < 4.78 is 13.3. The third-order valence-electron chi connectivity index (χ3n) is 4.76. The second-order valence-corrected chi connectivity index (χ2v) is 6.95. The average molecular weight is 383 g/mol. The minimum Gasteiger partial charge on any atom is -0.328 e. The quantitative estimate of drug-likeness (QED) is 0.751. The van der Waals surface area contributed by atoms with Crippen molar-refractivity contribution in [2.45, 2.75) is 26.7 Å². The Morgan fingerprint density at radius 2 is 2.04 bits per heavy atom. The Kier molecular flexibility index (Phi) is 5.73. The Morgan fingerprint density at radius 1 is 1.25 bits per heavy atom. The first kappa shape index (κ1) is 19.5. The molecule has 7 heteroatoms. The highest BCUT2D eigenvalue weighted by molar-refractivity contribution is 6.20. The number of nitrogens with zero attached hydrogens (tertiary/aromatic N) is 1. The molecule has 146 valence electrons. The summed E-state index contributed by atoms with van der Waals surface area (Å²) >= 11 is 0. The molecule has 0 aliphatic carbocycles. The van der Waals surface area contributed by atoms with Crippen LogP contribution in [-0.2, 0) is 16.0 Å². The summed E-state index contributed by atoms with van der Waals surface area (Å²) in [7, 11) is 0. The zero-order chi connectivity index (χ0) is 20.3. The number of urea groups is 1. The van der Waals surface area contributed by atoms with Gasteiger partial charge in [0.2, 0.25) is 5.91 Å². The fraction of sp³-hybridized carbons (Fsp3) is 0.286. The van der Waals surface area contributed by atoms with E-state index in [2.05, 4.69) is 10.6 Å². The fourth-order valence-corrected chi connectivity index (χ4v) is 3.07. The number of hydrogen-bond donors (Lipinski definition) is 2. The third kappa shape index (κ3) is 4.36. The second kappa shape index (κ2) is 8.21. The first-order valence-corrected chi connectivity index (χ1v) is 9.12. The van der Waals surface area contributed by atoms with Gasteiger partial charge in [-0.25, -0.2) is 14.1 Å². The van der Waals surface area contributed by atoms with Crippen LogP contribution in [0, 0.1) is 18.7 Å². The summed E-state index contributed by atoms with van der Waals surface area (Å²) in [6.07, 6.45) is 1.16. The molecule has 1 atom stereocenters. The second-order valence-electron chi connectivity index (χ2n) is 6.95. The monoisotopic (exact) mass is 383 g/mol. The third-order valence-corrected chi connectivity index (χ3v) is 4.76. The van der Waals surface area contributed by atoms with E-state index >= 15 is 0 Å². The van der Waals surface area contributed by atoms with Crippen LogP contribution >= 0.6 is 0 Å². The van der Waals surface area contributed by atoms with Crippen LogP contribution in [0.3, 0.4) is 0 Å². The summed E-state index contributed by atoms with van der Waals surface area (Å²) in [4.78, 5) is 37.4. The van der Waals surface area contributed by atoms with E-state index in [-0.39, 0.29) is 30.1 Å². The number of halogens is 1. The molecule has 2 N–H and O–H groups in total. The van der Waals surface area contributed by atoms with Crippen LogP contribution in [0.25, 0.3) is 0 Å². The van der Waals surface area contributed by atoms with Crippen LogP contribution < -0.4 is 15.5 Å². The highest BCUT2D eigenvalue weighted by Crippen LogP contribution is 2.26. The number of rotatable bonds is 6. The summed E-state index contributed by atoms with van der Waals surface area (Å²) in [6, 6.07) is 11.0. The number of hydrogen-bond acceptors (Lipinski definition) is 3. The van der Waals surface area contributed by atoms with E-state index in [9.17, 15) is 18.8 Å². The molecule has 1 aliphatic heterocycles. The van der Waals surface area contributed by atoms with E-state index in [1.165, 1.54) is 12.1 Å². The van der Waals surface area contributed by atoms with Crippen LogP contribution in [0.2, 0.25) is 0 Å². The van der Waals surface area contributed by atoms with Gasteiger partial charge >= 0.3 is 6.03 Å². The minimum absolute atomic E-state index is 0.0357. The molecule has 1 fully saturated rings. The number of imide groups is 1. The molecule has 28 heavy (non-hydrogen) atoms. The molecule has 4 amide bonds. The van der Waals surface area contributed by atoms with Crippen LogP contribution in [0.5, 0.6) is 0 Å². The van der Waals surface area contributed by atoms with E-state index in [0.717, 1.165) is 16.0 Å². The van der Waals surface area contributed by atoms with E-state index < -0.39 is 6.03 Å². The summed E-state index contributed by atoms with van der Waals surface area (Å²) in [5, 5.41) is 5.31. The van der Waals surface area contributed by atoms with Gasteiger partial charge in [-0.15, -0.1) is 0 Å². The van der Waals surface area contributed by atoms with Gasteiger partial charge in [-0.1, -0.05) is 25.1 Å². The van der Waals surface area contributed by atoms with Gasteiger partial charge in [0.05, 0.1) is 12.2 Å². The van der Waals surface area contributed by atoms with Crippen molar-refractivity contribution < 1.29 is 18.8 Å². The molecule has 0 spiro atoms. The van der Waals surface area contributed by atoms with Crippen molar-refractivity contribution in [3.05, 3.63) is 59.4 Å². The predicted octanol–water partition coefficient (Wildman–Crippen LogP) is 3.40. The summed E-state index contributed by atoms with van der Waals surface area (Å²) in [5.41, 5.74) is 2.55. The molecule has 6 nitrogen and oxygen atoms in total. The molecule has 2 aromatic carbocycles. The van der Waals surface area contributed by atoms with Gasteiger partial charge in [-0.05, 0) is 55.2 Å². The number of benzene rings is 2. The highest BCUT2D eigenvalue weighted by atomic mass is 19.1. The van der Waals surface area contributed by atoms with Crippen molar-refractivity contribution in [1.29, 1.82) is 0 Å². The first-order valence-electron chi connectivity index (χ1n) is 9.12. The topological polar surface area (TPSA) is 78.5 Å². The molecule has 2 aromatic rings. The lowest BCUT2D eigenvalue weighted by atomic mass is 10.00. The van der Waals surface area contributed by atoms with Gasteiger partial charge in [0, 0.05) is 11.6 Å². The van der Waals surface area contributed by atoms with Crippen molar-refractivity contribution in [3.8, 4) is 0 Å². The van der Waals surface area contributed by atoms with Crippen molar-refractivity contribution in [3.63, 3.8) is 0 Å². The van der Waals surface area contributed by atoms with Crippen LogP contribution in [0.4, 0.5) is 20.6 Å². The van der Waals surface area contributed by atoms with Gasteiger partial charge in [0.15, 0.2) is 0 Å². The van der Waals surface area contributed by atoms with Crippen molar-refractivity contribution in [2.75, 3.05) is 16.8 Å². The lowest BCUT2D eigenvalue weighted by Gasteiger charge is -2.18. The molecule has 0 radical (unpaired) electrons. The Hall–Kier alpha value is -3.22. The number of amides is 4. The van der Waals surface area contributed by atoms with E-state index in [4.69, 9.17) is 0 Å².